The summed E-state index contributed by atoms with van der Waals surface area (Å²) in [4.78, 5) is 4.15. The molecule has 1 aliphatic rings. The number of hydrogen-bond donors (Lipinski definition) is 1. The first kappa shape index (κ1) is 10.8. The average Bonchev–Trinajstić information content (AvgIpc) is 2.99. The summed E-state index contributed by atoms with van der Waals surface area (Å²) in [6.07, 6.45) is 4.50. The fourth-order valence-corrected chi connectivity index (χ4v) is 2.80. The van der Waals surface area contributed by atoms with Crippen LogP contribution in [0.2, 0.25) is 5.02 Å². The highest BCUT2D eigenvalue weighted by Gasteiger charge is 2.25. The van der Waals surface area contributed by atoms with Crippen molar-refractivity contribution >= 4 is 11.6 Å². The molecule has 19 heavy (non-hydrogen) atoms. The molecule has 0 unspecified atom stereocenters. The van der Waals surface area contributed by atoms with Gasteiger partial charge in [-0.2, -0.15) is 5.10 Å². The van der Waals surface area contributed by atoms with E-state index in [0.717, 1.165) is 34.0 Å². The van der Waals surface area contributed by atoms with Crippen molar-refractivity contribution in [1.29, 1.82) is 0 Å². The lowest BCUT2D eigenvalue weighted by Crippen LogP contribution is -1.87. The van der Waals surface area contributed by atoms with Gasteiger partial charge in [0.15, 0.2) is 0 Å². The molecule has 92 valence electrons. The molecule has 1 N–H and O–H groups in total. The van der Waals surface area contributed by atoms with Crippen LogP contribution in [0.1, 0.15) is 11.1 Å². The van der Waals surface area contributed by atoms with Crippen molar-refractivity contribution in [1.82, 2.24) is 15.2 Å². The predicted octanol–water partition coefficient (Wildman–Crippen LogP) is 3.70. The minimum Gasteiger partial charge on any atom is -0.277 e. The van der Waals surface area contributed by atoms with Gasteiger partial charge < -0.3 is 0 Å². The first-order valence-corrected chi connectivity index (χ1v) is 6.47. The second kappa shape index (κ2) is 3.93. The molecule has 2 aromatic heterocycles. The Kier molecular flexibility index (Phi) is 2.23. The van der Waals surface area contributed by atoms with E-state index in [4.69, 9.17) is 11.6 Å². The fourth-order valence-electron chi connectivity index (χ4n) is 2.63. The van der Waals surface area contributed by atoms with Crippen molar-refractivity contribution in [2.45, 2.75) is 6.42 Å². The van der Waals surface area contributed by atoms with Crippen molar-refractivity contribution in [3.63, 3.8) is 0 Å². The van der Waals surface area contributed by atoms with Crippen LogP contribution in [0.15, 0.2) is 42.7 Å². The van der Waals surface area contributed by atoms with Gasteiger partial charge in [0.25, 0.3) is 0 Å². The van der Waals surface area contributed by atoms with Crippen LogP contribution in [-0.4, -0.2) is 15.2 Å². The molecule has 0 atom stereocenters. The van der Waals surface area contributed by atoms with Gasteiger partial charge in [0.1, 0.15) is 0 Å². The Labute approximate surface area is 115 Å². The predicted molar refractivity (Wildman–Crippen MR) is 75.1 cm³/mol. The van der Waals surface area contributed by atoms with E-state index >= 15 is 0 Å². The molecule has 0 saturated carbocycles. The minimum atomic E-state index is 0.754. The van der Waals surface area contributed by atoms with Crippen molar-refractivity contribution in [2.75, 3.05) is 0 Å². The lowest BCUT2D eigenvalue weighted by Gasteiger charge is -2.00. The summed E-state index contributed by atoms with van der Waals surface area (Å²) in [6.45, 7) is 0. The Hall–Kier alpha value is -2.13. The van der Waals surface area contributed by atoms with E-state index in [1.54, 1.807) is 6.20 Å². The number of fused-ring (bicyclic) bond motifs is 3. The van der Waals surface area contributed by atoms with E-state index < -0.39 is 0 Å². The molecule has 0 spiro atoms. The molecule has 1 aliphatic carbocycles. The van der Waals surface area contributed by atoms with Crippen LogP contribution in [0.5, 0.6) is 0 Å². The van der Waals surface area contributed by atoms with E-state index in [1.165, 1.54) is 11.1 Å². The fraction of sp³-hybridized carbons (Fsp3) is 0.0667. The third-order valence-electron chi connectivity index (χ3n) is 3.51. The van der Waals surface area contributed by atoms with Gasteiger partial charge in [-0.25, -0.2) is 0 Å². The topological polar surface area (TPSA) is 41.6 Å². The first-order chi connectivity index (χ1) is 9.33. The molecule has 0 bridgehead atoms. The van der Waals surface area contributed by atoms with E-state index in [9.17, 15) is 0 Å². The molecule has 0 aliphatic heterocycles. The lowest BCUT2D eigenvalue weighted by molar-refractivity contribution is 1.09. The SMILES string of the molecule is Clc1ccc2c(c1)-c1[nH]nc(-c3cccnc3)c1C2. The number of nitrogens with one attached hydrogen (secondary N) is 1. The van der Waals surface area contributed by atoms with Gasteiger partial charge in [-0.3, -0.25) is 10.1 Å². The summed E-state index contributed by atoms with van der Waals surface area (Å²) >= 11 is 6.07. The van der Waals surface area contributed by atoms with Gasteiger partial charge in [-0.05, 0) is 29.8 Å². The number of halogens is 1. The van der Waals surface area contributed by atoms with Crippen LogP contribution in [0.25, 0.3) is 22.5 Å². The first-order valence-electron chi connectivity index (χ1n) is 6.09. The maximum absolute atomic E-state index is 6.07. The number of rotatable bonds is 1. The Morgan fingerprint density at radius 3 is 3.00 bits per heavy atom. The molecule has 3 nitrogen and oxygen atoms in total. The summed E-state index contributed by atoms with van der Waals surface area (Å²) in [6, 6.07) is 9.96. The molecule has 0 radical (unpaired) electrons. The van der Waals surface area contributed by atoms with Gasteiger partial charge >= 0.3 is 0 Å². The maximum Gasteiger partial charge on any atom is 0.0978 e. The molecular formula is C15H10ClN3. The highest BCUT2D eigenvalue weighted by molar-refractivity contribution is 6.31. The number of aromatic amines is 1. The van der Waals surface area contributed by atoms with Crippen LogP contribution in [-0.2, 0) is 6.42 Å². The van der Waals surface area contributed by atoms with Crippen LogP contribution in [0, 0.1) is 0 Å². The Balaban J connectivity index is 1.90. The highest BCUT2D eigenvalue weighted by atomic mass is 35.5. The van der Waals surface area contributed by atoms with Crippen LogP contribution in [0.4, 0.5) is 0 Å². The Morgan fingerprint density at radius 1 is 1.21 bits per heavy atom. The normalized spacial score (nSPS) is 12.3. The smallest absolute Gasteiger partial charge is 0.0978 e. The van der Waals surface area contributed by atoms with E-state index in [0.29, 0.717) is 0 Å². The zero-order valence-corrected chi connectivity index (χ0v) is 10.8. The standard InChI is InChI=1S/C15H10ClN3/c16-11-4-3-9-6-13-14(10-2-1-5-17-8-10)18-19-15(13)12(9)7-11/h1-5,7-8H,6H2,(H,18,19). The van der Waals surface area contributed by atoms with Crippen molar-refractivity contribution < 1.29 is 0 Å². The number of H-pyrrole nitrogens is 1. The molecule has 4 heteroatoms. The van der Waals surface area contributed by atoms with Crippen LogP contribution < -0.4 is 0 Å². The number of benzene rings is 1. The van der Waals surface area contributed by atoms with Gasteiger partial charge in [-0.1, -0.05) is 17.7 Å². The van der Waals surface area contributed by atoms with Crippen LogP contribution >= 0.6 is 11.6 Å². The monoisotopic (exact) mass is 267 g/mol. The summed E-state index contributed by atoms with van der Waals surface area (Å²) in [5, 5.41) is 8.31. The third-order valence-corrected chi connectivity index (χ3v) is 3.75. The summed E-state index contributed by atoms with van der Waals surface area (Å²) in [7, 11) is 0. The largest absolute Gasteiger partial charge is 0.277 e. The summed E-state index contributed by atoms with van der Waals surface area (Å²) in [5.41, 5.74) is 6.78. The summed E-state index contributed by atoms with van der Waals surface area (Å²) in [5.74, 6) is 0. The van der Waals surface area contributed by atoms with Gasteiger partial charge in [0.05, 0.1) is 11.4 Å². The molecule has 4 rings (SSSR count). The molecule has 3 aromatic rings. The number of aromatic nitrogens is 3. The minimum absolute atomic E-state index is 0.754. The number of pyridine rings is 1. The molecule has 0 fully saturated rings. The lowest BCUT2D eigenvalue weighted by atomic mass is 10.1. The molecule has 2 heterocycles. The van der Waals surface area contributed by atoms with Crippen molar-refractivity contribution in [3.05, 3.63) is 58.9 Å². The molecule has 0 saturated heterocycles. The molecule has 0 amide bonds. The highest BCUT2D eigenvalue weighted by Crippen LogP contribution is 2.40. The number of nitrogens with zero attached hydrogens (tertiary/aromatic N) is 2. The summed E-state index contributed by atoms with van der Waals surface area (Å²) < 4.78 is 0. The van der Waals surface area contributed by atoms with Gasteiger partial charge in [0, 0.05) is 40.5 Å². The average molecular weight is 268 g/mol. The Morgan fingerprint density at radius 2 is 2.16 bits per heavy atom. The second-order valence-corrected chi connectivity index (χ2v) is 5.08. The number of hydrogen-bond acceptors (Lipinski definition) is 2. The maximum atomic E-state index is 6.07. The zero-order chi connectivity index (χ0) is 12.8. The quantitative estimate of drug-likeness (QED) is 0.571. The molecular weight excluding hydrogens is 258 g/mol. The van der Waals surface area contributed by atoms with E-state index in [2.05, 4.69) is 21.2 Å². The van der Waals surface area contributed by atoms with Gasteiger partial charge in [0.2, 0.25) is 0 Å². The van der Waals surface area contributed by atoms with Crippen molar-refractivity contribution in [2.24, 2.45) is 0 Å². The Bertz CT molecular complexity index is 762. The van der Waals surface area contributed by atoms with E-state index in [-0.39, 0.29) is 0 Å². The van der Waals surface area contributed by atoms with E-state index in [1.807, 2.05) is 30.5 Å². The molecule has 1 aromatic carbocycles. The van der Waals surface area contributed by atoms with Gasteiger partial charge in [-0.15, -0.1) is 0 Å². The second-order valence-electron chi connectivity index (χ2n) is 4.65. The zero-order valence-electron chi connectivity index (χ0n) is 10.0. The van der Waals surface area contributed by atoms with Crippen molar-refractivity contribution in [3.8, 4) is 22.5 Å². The third kappa shape index (κ3) is 1.59. The van der Waals surface area contributed by atoms with Crippen LogP contribution in [0.3, 0.4) is 0 Å².